The average molecular weight is 682 g/mol. The Morgan fingerprint density at radius 3 is 1.24 bits per heavy atom. The molecule has 0 N–H and O–H groups in total. The third-order valence-corrected chi connectivity index (χ3v) is 13.0. The summed E-state index contributed by atoms with van der Waals surface area (Å²) in [5, 5.41) is 5.47. The second kappa shape index (κ2) is 10.3. The smallest absolute Gasteiger partial charge is 0.208 e. The van der Waals surface area contributed by atoms with Gasteiger partial charge in [0.25, 0.3) is 0 Å². The molecule has 0 fully saturated rings. The molecular weight excluding hydrogens is 657 g/mol. The van der Waals surface area contributed by atoms with Crippen molar-refractivity contribution >= 4 is 86.1 Å². The molecule has 0 unspecified atom stereocenters. The van der Waals surface area contributed by atoms with Crippen molar-refractivity contribution in [2.45, 2.75) is 0 Å². The van der Waals surface area contributed by atoms with E-state index in [1.807, 2.05) is 59.1 Å². The van der Waals surface area contributed by atoms with E-state index in [-0.39, 0.29) is 6.71 Å². The lowest BCUT2D eigenvalue weighted by Gasteiger charge is -2.22. The monoisotopic (exact) mass is 681 g/mol. The molecule has 0 saturated heterocycles. The molecule has 0 atom stereocenters. The first-order chi connectivity index (χ1) is 25.3. The van der Waals surface area contributed by atoms with Crippen LogP contribution >= 0.6 is 22.7 Å². The van der Waals surface area contributed by atoms with E-state index < -0.39 is 0 Å². The number of fused-ring (bicyclic) bond motifs is 4. The summed E-state index contributed by atoms with van der Waals surface area (Å²) in [6, 6.07) is 52.8. The number of rotatable bonds is 3. The first kappa shape index (κ1) is 27.8. The first-order valence-corrected chi connectivity index (χ1v) is 18.9. The van der Waals surface area contributed by atoms with Crippen LogP contribution in [0.2, 0.25) is 0 Å². The average Bonchev–Trinajstić information content (AvgIpc) is 3.70. The molecule has 10 aromatic rings. The molecule has 5 heterocycles. The molecule has 0 bridgehead atoms. The van der Waals surface area contributed by atoms with Crippen LogP contribution in [0.5, 0.6) is 0 Å². The molecule has 12 rings (SSSR count). The van der Waals surface area contributed by atoms with E-state index in [2.05, 4.69) is 109 Å². The topological polar surface area (TPSA) is 38.7 Å². The van der Waals surface area contributed by atoms with Gasteiger partial charge in [0.2, 0.25) is 6.71 Å². The van der Waals surface area contributed by atoms with E-state index in [1.165, 1.54) is 79.0 Å². The van der Waals surface area contributed by atoms with Gasteiger partial charge in [0.1, 0.15) is 0 Å². The Morgan fingerprint density at radius 1 is 0.353 bits per heavy atom. The van der Waals surface area contributed by atoms with Crippen LogP contribution in [-0.2, 0) is 0 Å². The van der Waals surface area contributed by atoms with Crippen LogP contribution < -0.4 is 16.4 Å². The van der Waals surface area contributed by atoms with Crippen molar-refractivity contribution in [3.05, 3.63) is 146 Å². The lowest BCUT2D eigenvalue weighted by Crippen LogP contribution is -2.52. The number of hydrogen-bond donors (Lipinski definition) is 0. The Balaban J connectivity index is 1.25. The maximum atomic E-state index is 5.22. The van der Waals surface area contributed by atoms with Gasteiger partial charge in [0, 0.05) is 46.3 Å². The quantitative estimate of drug-likeness (QED) is 0.174. The molecule has 3 nitrogen and oxygen atoms in total. The molecule has 0 spiro atoms. The molecule has 234 valence electrons. The summed E-state index contributed by atoms with van der Waals surface area (Å²) in [6.45, 7) is 0.0602. The minimum absolute atomic E-state index is 0.0602. The van der Waals surface area contributed by atoms with E-state index in [0.29, 0.717) is 17.5 Å². The molecule has 0 radical (unpaired) electrons. The Kier molecular flexibility index (Phi) is 5.62. The van der Waals surface area contributed by atoms with Gasteiger partial charge in [-0.25, -0.2) is 15.0 Å². The summed E-state index contributed by atoms with van der Waals surface area (Å²) >= 11 is 3.80. The largest absolute Gasteiger partial charge is 0.244 e. The Labute approximate surface area is 301 Å². The summed E-state index contributed by atoms with van der Waals surface area (Å²) in [7, 11) is 0. The molecule has 6 heteroatoms. The van der Waals surface area contributed by atoms with Crippen molar-refractivity contribution in [2.75, 3.05) is 0 Å². The first-order valence-electron chi connectivity index (χ1n) is 17.2. The third-order valence-electron chi connectivity index (χ3n) is 10.7. The van der Waals surface area contributed by atoms with Crippen molar-refractivity contribution < 1.29 is 0 Å². The SMILES string of the molecule is c1ccc(-c2nc(-c3ccccc3)nc(-c3cc4c5c(c3)-c3cccc6sc7cccc(c7c36)B5c3cccc5sc6cccc-4c6c35)n2)cc1. The number of hydrogen-bond acceptors (Lipinski definition) is 5. The van der Waals surface area contributed by atoms with E-state index >= 15 is 0 Å². The molecule has 7 aromatic carbocycles. The summed E-state index contributed by atoms with van der Waals surface area (Å²) in [5.41, 5.74) is 12.1. The zero-order valence-electron chi connectivity index (χ0n) is 27.1. The molecule has 51 heavy (non-hydrogen) atoms. The highest BCUT2D eigenvalue weighted by atomic mass is 32.1. The molecule has 0 aliphatic carbocycles. The standard InChI is InChI=1S/C45H24BN3S2/c1-3-11-25(12-4-1)43-47-44(26-13-5-2-6-14-26)49-45(48-43)27-23-30-28-15-7-19-34-38(28)40-32(17-9-21-36(40)50-34)46-33-18-10-22-37-41(33)39-29(31(24-27)42(30)46)16-8-20-35(39)51-37/h1-24H. The van der Waals surface area contributed by atoms with Crippen molar-refractivity contribution in [1.29, 1.82) is 0 Å². The fourth-order valence-corrected chi connectivity index (χ4v) is 11.0. The maximum absolute atomic E-state index is 5.22. The lowest BCUT2D eigenvalue weighted by atomic mass is 9.35. The van der Waals surface area contributed by atoms with Crippen LogP contribution in [0.25, 0.3) is 96.8 Å². The molecule has 0 amide bonds. The summed E-state index contributed by atoms with van der Waals surface area (Å²) in [4.78, 5) is 15.5. The molecular formula is C45H24BN3S2. The minimum Gasteiger partial charge on any atom is -0.208 e. The highest BCUT2D eigenvalue weighted by Gasteiger charge is 2.38. The van der Waals surface area contributed by atoms with Crippen molar-refractivity contribution in [3.63, 3.8) is 0 Å². The number of aromatic nitrogens is 3. The van der Waals surface area contributed by atoms with Crippen LogP contribution in [0.4, 0.5) is 0 Å². The zero-order chi connectivity index (χ0) is 33.2. The van der Waals surface area contributed by atoms with Gasteiger partial charge in [-0.05, 0) is 69.4 Å². The van der Waals surface area contributed by atoms with Crippen LogP contribution in [0.15, 0.2) is 146 Å². The molecule has 3 aromatic heterocycles. The van der Waals surface area contributed by atoms with Gasteiger partial charge in [-0.1, -0.05) is 126 Å². The second-order valence-corrected chi connectivity index (χ2v) is 15.6. The van der Waals surface area contributed by atoms with Crippen molar-refractivity contribution in [1.82, 2.24) is 15.0 Å². The van der Waals surface area contributed by atoms with Gasteiger partial charge < -0.3 is 0 Å². The Bertz CT molecular complexity index is 2890. The van der Waals surface area contributed by atoms with E-state index in [4.69, 9.17) is 15.0 Å². The second-order valence-electron chi connectivity index (χ2n) is 13.5. The summed E-state index contributed by atoms with van der Waals surface area (Å²) < 4.78 is 5.32. The predicted molar refractivity (Wildman–Crippen MR) is 217 cm³/mol. The van der Waals surface area contributed by atoms with Gasteiger partial charge in [0.05, 0.1) is 0 Å². The van der Waals surface area contributed by atoms with Gasteiger partial charge in [0.15, 0.2) is 17.5 Å². The highest BCUT2D eigenvalue weighted by Crippen LogP contribution is 2.46. The fraction of sp³-hybridized carbons (Fsp3) is 0. The summed E-state index contributed by atoms with van der Waals surface area (Å²) in [6.07, 6.45) is 0. The Morgan fingerprint density at radius 2 is 0.765 bits per heavy atom. The van der Waals surface area contributed by atoms with E-state index in [1.54, 1.807) is 0 Å². The van der Waals surface area contributed by atoms with E-state index in [9.17, 15) is 0 Å². The van der Waals surface area contributed by atoms with Gasteiger partial charge >= 0.3 is 0 Å². The number of thiophene rings is 2. The minimum atomic E-state index is 0.0602. The Hall–Kier alpha value is -5.95. The maximum Gasteiger partial charge on any atom is 0.244 e. The molecule has 2 aliphatic rings. The van der Waals surface area contributed by atoms with Crippen LogP contribution in [-0.4, -0.2) is 21.7 Å². The molecule has 2 aliphatic heterocycles. The molecule has 0 saturated carbocycles. The number of benzene rings is 7. The lowest BCUT2D eigenvalue weighted by molar-refractivity contribution is 1.07. The zero-order valence-corrected chi connectivity index (χ0v) is 28.7. The van der Waals surface area contributed by atoms with Crippen LogP contribution in [0.1, 0.15) is 0 Å². The van der Waals surface area contributed by atoms with Crippen LogP contribution in [0.3, 0.4) is 0 Å². The highest BCUT2D eigenvalue weighted by molar-refractivity contribution is 7.27. The summed E-state index contributed by atoms with van der Waals surface area (Å²) in [5.74, 6) is 2.01. The van der Waals surface area contributed by atoms with Gasteiger partial charge in [-0.2, -0.15) is 0 Å². The van der Waals surface area contributed by atoms with E-state index in [0.717, 1.165) is 16.7 Å². The van der Waals surface area contributed by atoms with Crippen molar-refractivity contribution in [2.24, 2.45) is 0 Å². The normalized spacial score (nSPS) is 12.7. The van der Waals surface area contributed by atoms with Crippen molar-refractivity contribution in [3.8, 4) is 56.4 Å². The fourth-order valence-electron chi connectivity index (χ4n) is 8.67. The predicted octanol–water partition coefficient (Wildman–Crippen LogP) is 10.1. The number of nitrogens with zero attached hydrogens (tertiary/aromatic N) is 3. The third kappa shape index (κ3) is 3.86. The van der Waals surface area contributed by atoms with Crippen LogP contribution in [0, 0.1) is 0 Å². The van der Waals surface area contributed by atoms with Gasteiger partial charge in [-0.3, -0.25) is 0 Å². The van der Waals surface area contributed by atoms with Gasteiger partial charge in [-0.15, -0.1) is 22.7 Å².